The summed E-state index contributed by atoms with van der Waals surface area (Å²) in [6, 6.07) is 0. The molecule has 0 aromatic carbocycles. The summed E-state index contributed by atoms with van der Waals surface area (Å²) in [5.74, 6) is 0. The van der Waals surface area contributed by atoms with Crippen molar-refractivity contribution in [3.63, 3.8) is 0 Å². The first-order valence-electron chi connectivity index (χ1n) is 7.45. The molecule has 4 heterocycles. The fourth-order valence-electron chi connectivity index (χ4n) is 3.16. The average Bonchev–Trinajstić information content (AvgIpc) is 2.95. The Kier molecular flexibility index (Phi) is 3.22. The van der Waals surface area contributed by atoms with Crippen LogP contribution in [0.1, 0.15) is 13.2 Å². The van der Waals surface area contributed by atoms with Gasteiger partial charge in [-0.25, -0.2) is 9.97 Å². The van der Waals surface area contributed by atoms with Gasteiger partial charge in [-0.15, -0.1) is 0 Å². The molecule has 4 atom stereocenters. The van der Waals surface area contributed by atoms with Gasteiger partial charge < -0.3 is 29.6 Å². The highest BCUT2D eigenvalue weighted by atomic mass is 16.6. The van der Waals surface area contributed by atoms with Gasteiger partial charge in [0.15, 0.2) is 6.23 Å². The summed E-state index contributed by atoms with van der Waals surface area (Å²) in [4.78, 5) is 15.9. The molecule has 0 amide bonds. The second-order valence-electron chi connectivity index (χ2n) is 6.13. The maximum atomic E-state index is 10.7. The molecule has 0 unspecified atom stereocenters. The third-order valence-corrected chi connectivity index (χ3v) is 4.41. The number of hydrogen-bond acceptors (Lipinski definition) is 7. The molecule has 9 nitrogen and oxygen atoms in total. The minimum absolute atomic E-state index is 0.403. The predicted molar refractivity (Wildman–Crippen MR) is 84.4 cm³/mol. The molecule has 0 saturated carbocycles. The lowest BCUT2D eigenvalue weighted by Gasteiger charge is -2.27. The van der Waals surface area contributed by atoms with E-state index in [0.29, 0.717) is 27.5 Å². The van der Waals surface area contributed by atoms with E-state index in [1.165, 1.54) is 13.3 Å². The number of rotatable bonds is 2. The van der Waals surface area contributed by atoms with Gasteiger partial charge in [0.1, 0.15) is 35.4 Å². The van der Waals surface area contributed by atoms with Gasteiger partial charge in [0.05, 0.1) is 29.1 Å². The van der Waals surface area contributed by atoms with E-state index in [4.69, 9.17) is 4.74 Å². The Hall–Kier alpha value is -2.33. The molecule has 3 aromatic heterocycles. The summed E-state index contributed by atoms with van der Waals surface area (Å²) in [6.07, 6.45) is 1.57. The molecule has 24 heavy (non-hydrogen) atoms. The van der Waals surface area contributed by atoms with Crippen LogP contribution in [0.15, 0.2) is 18.7 Å². The highest BCUT2D eigenvalue weighted by molar-refractivity contribution is 6.02. The van der Waals surface area contributed by atoms with Crippen molar-refractivity contribution in [2.45, 2.75) is 31.0 Å². The average molecular weight is 331 g/mol. The van der Waals surface area contributed by atoms with Gasteiger partial charge >= 0.3 is 0 Å². The van der Waals surface area contributed by atoms with Crippen LogP contribution in [0.5, 0.6) is 0 Å². The second kappa shape index (κ2) is 5.08. The maximum Gasteiger partial charge on any atom is 0.167 e. The van der Waals surface area contributed by atoms with E-state index in [0.717, 1.165) is 0 Å². The third-order valence-electron chi connectivity index (χ3n) is 4.41. The molecular formula is C15H17N5O4. The Bertz CT molecular complexity index is 979. The fraction of sp³-hybridized carbons (Fsp3) is 0.400. The molecule has 0 radical (unpaired) electrons. The minimum Gasteiger partial charge on any atom is -0.394 e. The van der Waals surface area contributed by atoms with Gasteiger partial charge in [0, 0.05) is 6.20 Å². The predicted octanol–water partition coefficient (Wildman–Crippen LogP) is -0.999. The molecule has 0 spiro atoms. The van der Waals surface area contributed by atoms with Crippen LogP contribution in [0, 0.1) is 0 Å². The zero-order valence-electron chi connectivity index (χ0n) is 12.9. The number of aromatic nitrogens is 5. The number of nitrogens with zero attached hydrogens (tertiary/aromatic N) is 4. The Balaban J connectivity index is 1.98. The molecule has 1 saturated heterocycles. The summed E-state index contributed by atoms with van der Waals surface area (Å²) in [7, 11) is 0. The van der Waals surface area contributed by atoms with Gasteiger partial charge in [0.2, 0.25) is 0 Å². The highest BCUT2D eigenvalue weighted by Crippen LogP contribution is 2.40. The number of ether oxygens (including phenoxy) is 1. The summed E-state index contributed by atoms with van der Waals surface area (Å²) >= 11 is 0. The smallest absolute Gasteiger partial charge is 0.167 e. The van der Waals surface area contributed by atoms with Crippen LogP contribution in [0.3, 0.4) is 0 Å². The van der Waals surface area contributed by atoms with Gasteiger partial charge in [-0.1, -0.05) is 6.58 Å². The first kappa shape index (κ1) is 15.2. The lowest BCUT2D eigenvalue weighted by molar-refractivity contribution is -0.0947. The summed E-state index contributed by atoms with van der Waals surface area (Å²) in [6.45, 7) is 4.88. The largest absolute Gasteiger partial charge is 0.394 e. The van der Waals surface area contributed by atoms with Crippen LogP contribution in [0.25, 0.3) is 28.8 Å². The molecule has 3 aromatic rings. The van der Waals surface area contributed by atoms with Crippen molar-refractivity contribution in [1.82, 2.24) is 24.5 Å². The Morgan fingerprint density at radius 1 is 1.42 bits per heavy atom. The second-order valence-corrected chi connectivity index (χ2v) is 6.13. The van der Waals surface area contributed by atoms with E-state index in [-0.39, 0.29) is 0 Å². The van der Waals surface area contributed by atoms with Crippen molar-refractivity contribution in [3.8, 4) is 0 Å². The zero-order valence-corrected chi connectivity index (χ0v) is 12.9. The number of hydrogen-bond donors (Lipinski definition) is 4. The molecule has 0 aliphatic carbocycles. The monoisotopic (exact) mass is 331 g/mol. The first-order chi connectivity index (χ1) is 11.4. The van der Waals surface area contributed by atoms with Crippen molar-refractivity contribution in [2.24, 2.45) is 0 Å². The Morgan fingerprint density at radius 3 is 2.92 bits per heavy atom. The fourth-order valence-corrected chi connectivity index (χ4v) is 3.16. The van der Waals surface area contributed by atoms with E-state index in [2.05, 4.69) is 26.5 Å². The van der Waals surface area contributed by atoms with Crippen LogP contribution in [-0.4, -0.2) is 64.2 Å². The van der Waals surface area contributed by atoms with E-state index in [1.54, 1.807) is 17.0 Å². The van der Waals surface area contributed by atoms with Crippen molar-refractivity contribution < 1.29 is 20.1 Å². The van der Waals surface area contributed by atoms with Crippen molar-refractivity contribution in [3.05, 3.63) is 24.1 Å². The Labute approximate surface area is 135 Å². The molecule has 1 aliphatic rings. The molecule has 9 heteroatoms. The van der Waals surface area contributed by atoms with Crippen LogP contribution in [-0.2, 0) is 4.74 Å². The highest BCUT2D eigenvalue weighted by Gasteiger charge is 2.53. The minimum atomic E-state index is -1.60. The molecule has 4 N–H and O–H groups in total. The van der Waals surface area contributed by atoms with Gasteiger partial charge in [-0.05, 0) is 6.92 Å². The number of aliphatic hydroxyl groups is 3. The van der Waals surface area contributed by atoms with Crippen molar-refractivity contribution in [1.29, 1.82) is 0 Å². The van der Waals surface area contributed by atoms with Crippen molar-refractivity contribution >= 4 is 28.8 Å². The van der Waals surface area contributed by atoms with E-state index in [9.17, 15) is 15.3 Å². The van der Waals surface area contributed by atoms with E-state index >= 15 is 0 Å². The maximum absolute atomic E-state index is 10.7. The number of aromatic amines is 1. The van der Waals surface area contributed by atoms with Gasteiger partial charge in [-0.3, -0.25) is 4.98 Å². The molecular weight excluding hydrogens is 314 g/mol. The molecule has 0 bridgehead atoms. The topological polar surface area (TPSA) is 129 Å². The quantitative estimate of drug-likeness (QED) is 0.474. The van der Waals surface area contributed by atoms with Crippen LogP contribution in [0.2, 0.25) is 0 Å². The normalized spacial score (nSPS) is 30.4. The lowest BCUT2D eigenvalue weighted by atomic mass is 9.96. The van der Waals surface area contributed by atoms with Gasteiger partial charge in [0.25, 0.3) is 0 Å². The summed E-state index contributed by atoms with van der Waals surface area (Å²) in [5, 5.41) is 31.5. The number of nitrogens with one attached hydrogen (secondary N) is 1. The number of aliphatic hydroxyl groups excluding tert-OH is 2. The molecule has 126 valence electrons. The van der Waals surface area contributed by atoms with Crippen LogP contribution >= 0.6 is 0 Å². The SMILES string of the molecule is C=c1cnc2cn([C@@H]3O[C@H](CO)[C@@H](O)[C@@]3(C)O)c3ncnc([nH]1)c23. The molecule has 1 fully saturated rings. The standard InChI is InChI=1S/C15H17N5O4/c1-7-3-16-8-4-20(13-10(8)12(19-7)17-6-18-13)14-15(2,23)11(22)9(5-21)24-14/h3-4,6,9,11,14,21-23H,1,5H2,2H3,(H,17,18,19)/t9-,11-,14-,15-/m1/s1. The van der Waals surface area contributed by atoms with E-state index in [1.807, 2.05) is 0 Å². The third kappa shape index (κ3) is 1.99. The first-order valence-corrected chi connectivity index (χ1v) is 7.45. The summed E-state index contributed by atoms with van der Waals surface area (Å²) < 4.78 is 7.26. The lowest BCUT2D eigenvalue weighted by Crippen LogP contribution is -2.44. The molecule has 4 rings (SSSR count). The van der Waals surface area contributed by atoms with Crippen LogP contribution in [0.4, 0.5) is 0 Å². The zero-order chi connectivity index (χ0) is 17.1. The van der Waals surface area contributed by atoms with E-state index < -0.39 is 30.6 Å². The van der Waals surface area contributed by atoms with Crippen LogP contribution < -0.4 is 5.35 Å². The summed E-state index contributed by atoms with van der Waals surface area (Å²) in [5.41, 5.74) is 0.0266. The Morgan fingerprint density at radius 2 is 2.21 bits per heavy atom. The van der Waals surface area contributed by atoms with Crippen molar-refractivity contribution in [2.75, 3.05) is 6.61 Å². The number of H-pyrrole nitrogens is 1. The molecule has 1 aliphatic heterocycles. The van der Waals surface area contributed by atoms with Gasteiger partial charge in [-0.2, -0.15) is 0 Å².